The molecule has 8 rings (SSSR count). The van der Waals surface area contributed by atoms with Gasteiger partial charge in [-0.05, 0) is 79.5 Å². The molecule has 36 heavy (non-hydrogen) atoms. The lowest BCUT2D eigenvalue weighted by Crippen LogP contribution is -1.89. The summed E-state index contributed by atoms with van der Waals surface area (Å²) in [6.45, 7) is 0. The molecule has 0 unspecified atom stereocenters. The van der Waals surface area contributed by atoms with Crippen LogP contribution in [0.4, 0.5) is 0 Å². The minimum atomic E-state index is 1.28. The summed E-state index contributed by atoms with van der Waals surface area (Å²) in [6.07, 6.45) is 0. The average Bonchev–Trinajstić information content (AvgIpc) is 3.54. The van der Waals surface area contributed by atoms with Gasteiger partial charge < -0.3 is 0 Å². The Labute approximate surface area is 216 Å². The summed E-state index contributed by atoms with van der Waals surface area (Å²) in [7, 11) is 0. The fraction of sp³-hybridized carbons (Fsp3) is 0. The van der Waals surface area contributed by atoms with Crippen LogP contribution in [-0.2, 0) is 0 Å². The predicted molar refractivity (Wildman–Crippen MR) is 161 cm³/mol. The van der Waals surface area contributed by atoms with E-state index in [-0.39, 0.29) is 0 Å². The minimum absolute atomic E-state index is 1.28. The van der Waals surface area contributed by atoms with Gasteiger partial charge in [-0.3, -0.25) is 0 Å². The summed E-state index contributed by atoms with van der Waals surface area (Å²) in [4.78, 5) is 2.66. The van der Waals surface area contributed by atoms with Crippen LogP contribution < -0.4 is 0 Å². The maximum atomic E-state index is 2.41. The van der Waals surface area contributed by atoms with E-state index >= 15 is 0 Å². The lowest BCUT2D eigenvalue weighted by Gasteiger charge is -2.16. The highest BCUT2D eigenvalue weighted by Gasteiger charge is 2.20. The Morgan fingerprint density at radius 1 is 0.333 bits per heavy atom. The second-order valence-electron chi connectivity index (χ2n) is 9.34. The van der Waals surface area contributed by atoms with Gasteiger partial charge in [0.2, 0.25) is 0 Å². The second-order valence-corrected chi connectivity index (χ2v) is 11.5. The van der Waals surface area contributed by atoms with Crippen LogP contribution in [0.5, 0.6) is 0 Å². The van der Waals surface area contributed by atoms with Gasteiger partial charge in [0.25, 0.3) is 0 Å². The summed E-state index contributed by atoms with van der Waals surface area (Å²) in [5.74, 6) is 0. The Balaban J connectivity index is 1.59. The molecule has 0 nitrogen and oxygen atoms in total. The molecule has 0 bridgehead atoms. The van der Waals surface area contributed by atoms with Crippen molar-refractivity contribution in [3.8, 4) is 20.9 Å². The van der Waals surface area contributed by atoms with Crippen LogP contribution in [-0.4, -0.2) is 0 Å². The van der Waals surface area contributed by atoms with E-state index < -0.39 is 0 Å². The van der Waals surface area contributed by atoms with Gasteiger partial charge >= 0.3 is 0 Å². The first-order valence-corrected chi connectivity index (χ1v) is 13.8. The maximum Gasteiger partial charge on any atom is 0.0367 e. The topological polar surface area (TPSA) is 0 Å². The van der Waals surface area contributed by atoms with Crippen molar-refractivity contribution in [3.05, 3.63) is 121 Å². The molecular weight excluding hydrogens is 473 g/mol. The highest BCUT2D eigenvalue weighted by molar-refractivity contribution is 7.23. The van der Waals surface area contributed by atoms with Gasteiger partial charge in [0.15, 0.2) is 0 Å². The Hall–Kier alpha value is -3.98. The number of thiophene rings is 2. The predicted octanol–water partition coefficient (Wildman–Crippen LogP) is 10.9. The summed E-state index contributed by atoms with van der Waals surface area (Å²) in [5.41, 5.74) is 2.69. The van der Waals surface area contributed by atoms with Gasteiger partial charge in [0, 0.05) is 30.3 Å². The SMILES string of the molecule is c1ccc2cc3c(-c4cc5ccccc5s4)c4ccccc4c(-c4cc5ccccc5s4)c3cc2c1. The van der Waals surface area contributed by atoms with Crippen molar-refractivity contribution in [1.82, 2.24) is 0 Å². The molecule has 0 amide bonds. The molecule has 0 atom stereocenters. The number of rotatable bonds is 2. The van der Waals surface area contributed by atoms with Crippen molar-refractivity contribution in [3.63, 3.8) is 0 Å². The first-order chi connectivity index (χ1) is 17.8. The van der Waals surface area contributed by atoms with Gasteiger partial charge in [-0.15, -0.1) is 22.7 Å². The Morgan fingerprint density at radius 2 is 0.722 bits per heavy atom. The Bertz CT molecular complexity index is 1890. The number of benzene rings is 6. The first-order valence-electron chi connectivity index (χ1n) is 12.2. The molecule has 0 aliphatic carbocycles. The van der Waals surface area contributed by atoms with Crippen LogP contribution >= 0.6 is 22.7 Å². The lowest BCUT2D eigenvalue weighted by molar-refractivity contribution is 1.76. The lowest BCUT2D eigenvalue weighted by atomic mass is 9.88. The summed E-state index contributed by atoms with van der Waals surface area (Å²) < 4.78 is 2.67. The zero-order chi connectivity index (χ0) is 23.6. The van der Waals surface area contributed by atoms with Gasteiger partial charge in [0.1, 0.15) is 0 Å². The molecule has 2 aromatic heterocycles. The second kappa shape index (κ2) is 7.76. The quantitative estimate of drug-likeness (QED) is 0.211. The normalized spacial score (nSPS) is 11.9. The molecule has 6 aromatic carbocycles. The monoisotopic (exact) mass is 492 g/mol. The number of fused-ring (bicyclic) bond motifs is 5. The molecule has 0 fully saturated rings. The standard InChI is InChI=1S/C34H20S2/c1-2-10-22-18-28-27(17-21(22)9-1)33(31-19-23-11-3-7-15-29(23)35-31)25-13-5-6-14-26(25)34(28)32-20-24-12-4-8-16-30(24)36-32/h1-20H. The van der Waals surface area contributed by atoms with Gasteiger partial charge in [-0.1, -0.05) is 84.9 Å². The highest BCUT2D eigenvalue weighted by atomic mass is 32.1. The highest BCUT2D eigenvalue weighted by Crippen LogP contribution is 2.49. The summed E-state index contributed by atoms with van der Waals surface area (Å²) >= 11 is 3.79. The van der Waals surface area contributed by atoms with E-state index in [0.717, 1.165) is 0 Å². The van der Waals surface area contributed by atoms with E-state index in [9.17, 15) is 0 Å². The smallest absolute Gasteiger partial charge is 0.0367 e. The van der Waals surface area contributed by atoms with Crippen LogP contribution in [0.2, 0.25) is 0 Å². The molecule has 0 saturated carbocycles. The van der Waals surface area contributed by atoms with Crippen LogP contribution in [0.3, 0.4) is 0 Å². The minimum Gasteiger partial charge on any atom is -0.135 e. The third-order valence-electron chi connectivity index (χ3n) is 7.23. The van der Waals surface area contributed by atoms with Crippen molar-refractivity contribution in [1.29, 1.82) is 0 Å². The van der Waals surface area contributed by atoms with E-state index in [2.05, 4.69) is 121 Å². The molecule has 0 aliphatic heterocycles. The van der Waals surface area contributed by atoms with Crippen molar-refractivity contribution in [2.45, 2.75) is 0 Å². The van der Waals surface area contributed by atoms with Gasteiger partial charge in [-0.2, -0.15) is 0 Å². The molecule has 0 saturated heterocycles. The third-order valence-corrected chi connectivity index (χ3v) is 9.50. The molecule has 2 heteroatoms. The largest absolute Gasteiger partial charge is 0.135 e. The number of hydrogen-bond acceptors (Lipinski definition) is 2. The van der Waals surface area contributed by atoms with E-state index in [1.54, 1.807) is 0 Å². The molecule has 2 heterocycles. The van der Waals surface area contributed by atoms with Crippen LogP contribution in [0.1, 0.15) is 0 Å². The Kier molecular flexibility index (Phi) is 4.36. The van der Waals surface area contributed by atoms with Gasteiger partial charge in [0.05, 0.1) is 0 Å². The molecule has 0 radical (unpaired) electrons. The Morgan fingerprint density at radius 3 is 1.17 bits per heavy atom. The summed E-state index contributed by atoms with van der Waals surface area (Å²) in [5, 5.41) is 10.5. The fourth-order valence-electron chi connectivity index (χ4n) is 5.60. The van der Waals surface area contributed by atoms with Gasteiger partial charge in [-0.25, -0.2) is 0 Å². The first kappa shape index (κ1) is 20.2. The third kappa shape index (κ3) is 2.99. The molecule has 0 N–H and O–H groups in total. The zero-order valence-electron chi connectivity index (χ0n) is 19.4. The van der Waals surface area contributed by atoms with Crippen LogP contribution in [0, 0.1) is 0 Å². The molecule has 0 aliphatic rings. The molecular formula is C34H20S2. The van der Waals surface area contributed by atoms with E-state index in [1.165, 1.54) is 73.4 Å². The molecule has 0 spiro atoms. The average molecular weight is 493 g/mol. The van der Waals surface area contributed by atoms with Crippen LogP contribution in [0.25, 0.3) is 73.4 Å². The van der Waals surface area contributed by atoms with E-state index in [1.807, 2.05) is 22.7 Å². The summed E-state index contributed by atoms with van der Waals surface area (Å²) in [6, 6.07) is 44.7. The fourth-order valence-corrected chi connectivity index (χ4v) is 7.88. The number of hydrogen-bond donors (Lipinski definition) is 0. The van der Waals surface area contributed by atoms with Crippen molar-refractivity contribution in [2.75, 3.05) is 0 Å². The molecule has 8 aromatic rings. The van der Waals surface area contributed by atoms with E-state index in [0.29, 0.717) is 0 Å². The van der Waals surface area contributed by atoms with Crippen molar-refractivity contribution in [2.24, 2.45) is 0 Å². The van der Waals surface area contributed by atoms with Crippen molar-refractivity contribution < 1.29 is 0 Å². The van der Waals surface area contributed by atoms with Crippen LogP contribution in [0.15, 0.2) is 121 Å². The molecule has 168 valence electrons. The maximum absolute atomic E-state index is 2.41. The zero-order valence-corrected chi connectivity index (χ0v) is 21.0. The van der Waals surface area contributed by atoms with Crippen molar-refractivity contribution >= 4 is 75.2 Å². The van der Waals surface area contributed by atoms with E-state index in [4.69, 9.17) is 0 Å².